The molecule has 1 aliphatic rings. The van der Waals surface area contributed by atoms with Gasteiger partial charge in [0.25, 0.3) is 11.1 Å². The van der Waals surface area contributed by atoms with Crippen molar-refractivity contribution in [1.82, 2.24) is 4.90 Å². The number of thioether (sulfide) groups is 1. The maximum Gasteiger partial charge on any atom is 0.294 e. The quantitative estimate of drug-likeness (QED) is 0.510. The molecule has 0 atom stereocenters. The fourth-order valence-corrected chi connectivity index (χ4v) is 4.27. The Morgan fingerprint density at radius 2 is 1.81 bits per heavy atom. The number of ether oxygens (including phenoxy) is 3. The zero-order valence-corrected chi connectivity index (χ0v) is 20.0. The van der Waals surface area contributed by atoms with Gasteiger partial charge in [-0.3, -0.25) is 19.3 Å². The van der Waals surface area contributed by atoms with Gasteiger partial charge in [-0.15, -0.1) is 0 Å². The van der Waals surface area contributed by atoms with Gasteiger partial charge in [-0.25, -0.2) is 0 Å². The standard InChI is InChI=1S/C22H21BrN2O6S/c1-4-31-15-7-5-14(6-8-15)24-20(26)12-25-21(27)19(32-22(25)28)10-13-9-16(23)18(30-3)11-17(13)29-2/h5-11H,4,12H2,1-3H3,(H,24,26)/b19-10+. The molecule has 32 heavy (non-hydrogen) atoms. The third-order valence-electron chi connectivity index (χ3n) is 4.42. The molecule has 3 amide bonds. The van der Waals surface area contributed by atoms with E-state index in [-0.39, 0.29) is 4.91 Å². The first-order valence-corrected chi connectivity index (χ1v) is 11.2. The number of benzene rings is 2. The molecule has 2 aromatic rings. The Bertz CT molecular complexity index is 1070. The van der Waals surface area contributed by atoms with Crippen LogP contribution < -0.4 is 19.5 Å². The van der Waals surface area contributed by atoms with Crippen molar-refractivity contribution < 1.29 is 28.6 Å². The highest BCUT2D eigenvalue weighted by atomic mass is 79.9. The lowest BCUT2D eigenvalue weighted by atomic mass is 10.1. The molecule has 8 nitrogen and oxygen atoms in total. The average Bonchev–Trinajstić information content (AvgIpc) is 3.03. The first kappa shape index (κ1) is 23.7. The van der Waals surface area contributed by atoms with Gasteiger partial charge in [0, 0.05) is 17.3 Å². The van der Waals surface area contributed by atoms with Gasteiger partial charge in [0.1, 0.15) is 23.8 Å². The van der Waals surface area contributed by atoms with E-state index >= 15 is 0 Å². The third-order valence-corrected chi connectivity index (χ3v) is 5.94. The van der Waals surface area contributed by atoms with Gasteiger partial charge >= 0.3 is 0 Å². The van der Waals surface area contributed by atoms with Crippen LogP contribution >= 0.6 is 27.7 Å². The molecular weight excluding hydrogens is 500 g/mol. The lowest BCUT2D eigenvalue weighted by molar-refractivity contribution is -0.127. The maximum absolute atomic E-state index is 12.8. The van der Waals surface area contributed by atoms with Crippen molar-refractivity contribution in [2.24, 2.45) is 0 Å². The zero-order valence-electron chi connectivity index (χ0n) is 17.6. The highest BCUT2D eigenvalue weighted by Gasteiger charge is 2.36. The van der Waals surface area contributed by atoms with Gasteiger partial charge in [-0.05, 0) is 71.0 Å². The van der Waals surface area contributed by atoms with Gasteiger partial charge < -0.3 is 19.5 Å². The van der Waals surface area contributed by atoms with E-state index in [1.54, 1.807) is 42.5 Å². The molecule has 3 rings (SSSR count). The van der Waals surface area contributed by atoms with Crippen LogP contribution in [0.25, 0.3) is 6.08 Å². The van der Waals surface area contributed by atoms with E-state index in [0.29, 0.717) is 39.6 Å². The molecule has 0 bridgehead atoms. The summed E-state index contributed by atoms with van der Waals surface area (Å²) >= 11 is 4.16. The summed E-state index contributed by atoms with van der Waals surface area (Å²) in [5.74, 6) is 0.698. The second kappa shape index (κ2) is 10.6. The van der Waals surface area contributed by atoms with E-state index in [0.717, 1.165) is 16.7 Å². The number of imide groups is 1. The molecular formula is C22H21BrN2O6S. The number of nitrogens with zero attached hydrogens (tertiary/aromatic N) is 1. The number of rotatable bonds is 8. The van der Waals surface area contributed by atoms with Crippen molar-refractivity contribution in [3.05, 3.63) is 51.3 Å². The average molecular weight is 521 g/mol. The number of anilines is 1. The largest absolute Gasteiger partial charge is 0.496 e. The van der Waals surface area contributed by atoms with Crippen molar-refractivity contribution in [3.63, 3.8) is 0 Å². The van der Waals surface area contributed by atoms with Crippen LogP contribution in [0.1, 0.15) is 12.5 Å². The first-order chi connectivity index (χ1) is 15.4. The number of carbonyl (C=O) groups excluding carboxylic acids is 3. The van der Waals surface area contributed by atoms with Gasteiger partial charge in [-0.1, -0.05) is 0 Å². The molecule has 0 saturated carbocycles. The summed E-state index contributed by atoms with van der Waals surface area (Å²) in [6, 6.07) is 10.2. The Balaban J connectivity index is 1.72. The van der Waals surface area contributed by atoms with Crippen molar-refractivity contribution in [1.29, 1.82) is 0 Å². The monoisotopic (exact) mass is 520 g/mol. The fourth-order valence-electron chi connectivity index (χ4n) is 2.92. The van der Waals surface area contributed by atoms with Gasteiger partial charge in [0.05, 0.1) is 30.2 Å². The van der Waals surface area contributed by atoms with Crippen LogP contribution in [-0.2, 0) is 9.59 Å². The first-order valence-electron chi connectivity index (χ1n) is 9.55. The molecule has 1 aliphatic heterocycles. The highest BCUT2D eigenvalue weighted by Crippen LogP contribution is 2.37. The third kappa shape index (κ3) is 5.43. The summed E-state index contributed by atoms with van der Waals surface area (Å²) in [5, 5.41) is 2.15. The number of methoxy groups -OCH3 is 2. The summed E-state index contributed by atoms with van der Waals surface area (Å²) in [6.45, 7) is 2.03. The smallest absolute Gasteiger partial charge is 0.294 e. The molecule has 0 aromatic heterocycles. The Morgan fingerprint density at radius 3 is 2.44 bits per heavy atom. The lowest BCUT2D eigenvalue weighted by Crippen LogP contribution is -2.36. The zero-order chi connectivity index (χ0) is 23.3. The summed E-state index contributed by atoms with van der Waals surface area (Å²) in [7, 11) is 3.03. The summed E-state index contributed by atoms with van der Waals surface area (Å²) in [6.07, 6.45) is 1.55. The van der Waals surface area contributed by atoms with Crippen LogP contribution in [0, 0.1) is 0 Å². The molecule has 2 aromatic carbocycles. The van der Waals surface area contributed by atoms with Gasteiger partial charge in [0.15, 0.2) is 0 Å². The minimum Gasteiger partial charge on any atom is -0.496 e. The number of halogens is 1. The van der Waals surface area contributed by atoms with Crippen molar-refractivity contribution >= 4 is 56.5 Å². The topological polar surface area (TPSA) is 94.2 Å². The van der Waals surface area contributed by atoms with Gasteiger partial charge in [-0.2, -0.15) is 0 Å². The molecule has 1 N–H and O–H groups in total. The minimum atomic E-state index is -0.546. The molecule has 0 aliphatic carbocycles. The second-order valence-corrected chi connectivity index (χ2v) is 8.35. The molecule has 168 valence electrons. The van der Waals surface area contributed by atoms with Crippen molar-refractivity contribution in [2.45, 2.75) is 6.92 Å². The molecule has 1 saturated heterocycles. The SMILES string of the molecule is CCOc1ccc(NC(=O)CN2C(=O)S/C(=C/c3cc(Br)c(OC)cc3OC)C2=O)cc1. The minimum absolute atomic E-state index is 0.194. The predicted octanol–water partition coefficient (Wildman–Crippen LogP) is 4.54. The van der Waals surface area contributed by atoms with Crippen LogP contribution in [0.4, 0.5) is 10.5 Å². The molecule has 1 fully saturated rings. The fraction of sp³-hybridized carbons (Fsp3) is 0.227. The molecule has 10 heteroatoms. The summed E-state index contributed by atoms with van der Waals surface area (Å²) in [5.41, 5.74) is 1.12. The van der Waals surface area contributed by atoms with Crippen molar-refractivity contribution in [3.8, 4) is 17.2 Å². The Kier molecular flexibility index (Phi) is 7.81. The normalized spacial score (nSPS) is 14.6. The van der Waals surface area contributed by atoms with Crippen LogP contribution in [0.2, 0.25) is 0 Å². The van der Waals surface area contributed by atoms with E-state index in [2.05, 4.69) is 21.2 Å². The maximum atomic E-state index is 12.8. The van der Waals surface area contributed by atoms with E-state index in [1.165, 1.54) is 14.2 Å². The number of nitrogens with one attached hydrogen (secondary N) is 1. The highest BCUT2D eigenvalue weighted by molar-refractivity contribution is 9.10. The molecule has 0 unspecified atom stereocenters. The molecule has 0 radical (unpaired) electrons. The summed E-state index contributed by atoms with van der Waals surface area (Å²) < 4.78 is 16.6. The van der Waals surface area contributed by atoms with Crippen LogP contribution in [0.3, 0.4) is 0 Å². The Hall–Kier alpha value is -2.98. The number of carbonyl (C=O) groups is 3. The van der Waals surface area contributed by atoms with Crippen LogP contribution in [-0.4, -0.2) is 49.3 Å². The van der Waals surface area contributed by atoms with Gasteiger partial charge in [0.2, 0.25) is 5.91 Å². The number of hydrogen-bond donors (Lipinski definition) is 1. The van der Waals surface area contributed by atoms with E-state index < -0.39 is 23.6 Å². The van der Waals surface area contributed by atoms with E-state index in [4.69, 9.17) is 14.2 Å². The van der Waals surface area contributed by atoms with E-state index in [9.17, 15) is 14.4 Å². The van der Waals surface area contributed by atoms with E-state index in [1.807, 2.05) is 6.92 Å². The molecule has 1 heterocycles. The second-order valence-electron chi connectivity index (χ2n) is 6.50. The van der Waals surface area contributed by atoms with Crippen LogP contribution in [0.15, 0.2) is 45.8 Å². The van der Waals surface area contributed by atoms with Crippen LogP contribution in [0.5, 0.6) is 17.2 Å². The predicted molar refractivity (Wildman–Crippen MR) is 126 cm³/mol. The molecule has 0 spiro atoms. The number of amides is 3. The van der Waals surface area contributed by atoms with Crippen molar-refractivity contribution in [2.75, 3.05) is 32.7 Å². The number of hydrogen-bond acceptors (Lipinski definition) is 7. The lowest BCUT2D eigenvalue weighted by Gasteiger charge is -2.13. The Labute approximate surface area is 198 Å². The Morgan fingerprint density at radius 1 is 1.12 bits per heavy atom. The summed E-state index contributed by atoms with van der Waals surface area (Å²) in [4.78, 5) is 38.7.